The lowest BCUT2D eigenvalue weighted by atomic mass is 10.1. The maximum Gasteiger partial charge on any atom is 0.347 e. The summed E-state index contributed by atoms with van der Waals surface area (Å²) in [6.07, 6.45) is 3.73. The number of hydrogen-bond acceptors (Lipinski definition) is 4. The smallest absolute Gasteiger partial charge is 0.347 e. The lowest BCUT2D eigenvalue weighted by molar-refractivity contribution is -0.110. The van der Waals surface area contributed by atoms with Crippen molar-refractivity contribution >= 4 is 11.8 Å². The van der Waals surface area contributed by atoms with E-state index in [0.29, 0.717) is 11.3 Å². The van der Waals surface area contributed by atoms with E-state index in [1.54, 1.807) is 30.3 Å². The van der Waals surface area contributed by atoms with E-state index in [1.165, 1.54) is 12.2 Å². The molecule has 0 saturated carbocycles. The van der Waals surface area contributed by atoms with Crippen LogP contribution in [0.25, 0.3) is 0 Å². The summed E-state index contributed by atoms with van der Waals surface area (Å²) in [5.74, 6) is -0.0142. The fourth-order valence-electron chi connectivity index (χ4n) is 1.77. The Bertz CT molecular complexity index is 569. The van der Waals surface area contributed by atoms with E-state index in [-0.39, 0.29) is 11.5 Å². The van der Waals surface area contributed by atoms with Crippen LogP contribution in [0.3, 0.4) is 0 Å². The Morgan fingerprint density at radius 2 is 1.94 bits per heavy atom. The highest BCUT2D eigenvalue weighted by molar-refractivity contribution is 6.02. The van der Waals surface area contributed by atoms with Crippen LogP contribution >= 0.6 is 0 Å². The number of para-hydroxylation sites is 1. The number of ether oxygens (including phenoxy) is 2. The number of carbonyl (C=O) groups is 2. The van der Waals surface area contributed by atoms with Crippen molar-refractivity contribution in [2.24, 2.45) is 0 Å². The molecule has 84 valence electrons. The first-order valence-corrected chi connectivity index (χ1v) is 5.16. The van der Waals surface area contributed by atoms with Gasteiger partial charge in [0.2, 0.25) is 0 Å². The van der Waals surface area contributed by atoms with Gasteiger partial charge in [-0.05, 0) is 24.3 Å². The Hall–Kier alpha value is -2.36. The molecule has 4 nitrogen and oxygen atoms in total. The molecule has 0 fully saturated rings. The third kappa shape index (κ3) is 1.63. The molecule has 0 amide bonds. The average molecular weight is 228 g/mol. The zero-order valence-electron chi connectivity index (χ0n) is 8.75. The second-order valence-electron chi connectivity index (χ2n) is 3.73. The van der Waals surface area contributed by atoms with Crippen LogP contribution in [0.4, 0.5) is 0 Å². The molecule has 1 aromatic rings. The molecule has 2 aliphatic rings. The zero-order chi connectivity index (χ0) is 11.8. The highest BCUT2D eigenvalue weighted by atomic mass is 16.6. The fraction of sp³-hybridized carbons (Fsp3) is 0.0769. The summed E-state index contributed by atoms with van der Waals surface area (Å²) in [6.45, 7) is 0. The van der Waals surface area contributed by atoms with E-state index in [9.17, 15) is 9.59 Å². The third-order valence-corrected chi connectivity index (χ3v) is 2.57. The molecule has 0 bridgehead atoms. The van der Waals surface area contributed by atoms with Gasteiger partial charge in [-0.2, -0.15) is 0 Å². The molecule has 0 aromatic heterocycles. The van der Waals surface area contributed by atoms with Crippen LogP contribution in [0, 0.1) is 0 Å². The predicted molar refractivity (Wildman–Crippen MR) is 58.5 cm³/mol. The van der Waals surface area contributed by atoms with E-state index >= 15 is 0 Å². The molecule has 1 atom stereocenters. The van der Waals surface area contributed by atoms with Gasteiger partial charge in [-0.15, -0.1) is 0 Å². The Labute approximate surface area is 97.1 Å². The molecule has 4 heteroatoms. The second kappa shape index (κ2) is 3.59. The minimum atomic E-state index is -0.514. The van der Waals surface area contributed by atoms with Crippen LogP contribution < -0.4 is 4.74 Å². The van der Waals surface area contributed by atoms with Gasteiger partial charge < -0.3 is 9.47 Å². The molecule has 0 saturated heterocycles. The van der Waals surface area contributed by atoms with Gasteiger partial charge in [0.15, 0.2) is 17.6 Å². The summed E-state index contributed by atoms with van der Waals surface area (Å²) in [5.41, 5.74) is 0.364. The Balaban J connectivity index is 2.08. The number of esters is 1. The van der Waals surface area contributed by atoms with Gasteiger partial charge in [-0.1, -0.05) is 12.1 Å². The van der Waals surface area contributed by atoms with Gasteiger partial charge >= 0.3 is 5.97 Å². The molecular formula is C13H8O4. The minimum Gasteiger partial charge on any atom is -0.477 e. The van der Waals surface area contributed by atoms with Crippen molar-refractivity contribution in [1.82, 2.24) is 0 Å². The topological polar surface area (TPSA) is 52.6 Å². The van der Waals surface area contributed by atoms with E-state index in [0.717, 1.165) is 0 Å². The molecule has 0 N–H and O–H groups in total. The van der Waals surface area contributed by atoms with Gasteiger partial charge in [-0.3, -0.25) is 4.79 Å². The Kier molecular flexibility index (Phi) is 2.08. The lowest BCUT2D eigenvalue weighted by Crippen LogP contribution is -2.21. The molecule has 1 unspecified atom stereocenters. The first-order valence-electron chi connectivity index (χ1n) is 5.16. The van der Waals surface area contributed by atoms with Crippen LogP contribution in [-0.4, -0.2) is 17.9 Å². The first-order chi connectivity index (χ1) is 8.24. The summed E-state index contributed by atoms with van der Waals surface area (Å²) in [5, 5.41) is 0. The minimum absolute atomic E-state index is 0.210. The van der Waals surface area contributed by atoms with Crippen LogP contribution in [0.5, 0.6) is 5.75 Å². The van der Waals surface area contributed by atoms with Crippen molar-refractivity contribution in [2.45, 2.75) is 6.10 Å². The Morgan fingerprint density at radius 3 is 2.82 bits per heavy atom. The zero-order valence-corrected chi connectivity index (χ0v) is 8.75. The highest BCUT2D eigenvalue weighted by Gasteiger charge is 2.29. The summed E-state index contributed by atoms with van der Waals surface area (Å²) in [7, 11) is 0. The van der Waals surface area contributed by atoms with E-state index in [4.69, 9.17) is 9.47 Å². The van der Waals surface area contributed by atoms with E-state index in [2.05, 4.69) is 0 Å². The van der Waals surface area contributed by atoms with Crippen molar-refractivity contribution in [2.75, 3.05) is 0 Å². The molecule has 3 rings (SSSR count). The summed E-state index contributed by atoms with van der Waals surface area (Å²) >= 11 is 0. The SMILES string of the molecule is O=C1C=CC2Oc3ccccc3C(=O)OC2=C1. The lowest BCUT2D eigenvalue weighted by Gasteiger charge is -2.16. The maximum absolute atomic E-state index is 11.8. The fourth-order valence-corrected chi connectivity index (χ4v) is 1.77. The standard InChI is InChI=1S/C13H8O4/c14-8-5-6-11-12(7-8)17-13(15)9-3-1-2-4-10(9)16-11/h1-7,11H. The number of benzene rings is 1. The van der Waals surface area contributed by atoms with Gasteiger partial charge in [0.05, 0.1) is 0 Å². The number of ketones is 1. The molecule has 0 spiro atoms. The predicted octanol–water partition coefficient (Wildman–Crippen LogP) is 1.63. The largest absolute Gasteiger partial charge is 0.477 e. The number of allylic oxidation sites excluding steroid dienone is 2. The average Bonchev–Trinajstić information content (AvgIpc) is 2.46. The van der Waals surface area contributed by atoms with Gasteiger partial charge in [0.25, 0.3) is 0 Å². The van der Waals surface area contributed by atoms with Crippen molar-refractivity contribution in [3.05, 3.63) is 53.8 Å². The van der Waals surface area contributed by atoms with Crippen molar-refractivity contribution < 1.29 is 19.1 Å². The third-order valence-electron chi connectivity index (χ3n) is 2.57. The summed E-state index contributed by atoms with van der Waals surface area (Å²) in [6, 6.07) is 6.83. The molecule has 1 aliphatic heterocycles. The van der Waals surface area contributed by atoms with Gasteiger partial charge in [-0.25, -0.2) is 4.79 Å². The molecule has 1 aromatic carbocycles. The molecular weight excluding hydrogens is 220 g/mol. The number of rotatable bonds is 0. The maximum atomic E-state index is 11.8. The van der Waals surface area contributed by atoms with Gasteiger partial charge in [0, 0.05) is 6.08 Å². The Morgan fingerprint density at radius 1 is 1.12 bits per heavy atom. The molecule has 17 heavy (non-hydrogen) atoms. The molecule has 0 radical (unpaired) electrons. The quantitative estimate of drug-likeness (QED) is 0.633. The number of hydrogen-bond donors (Lipinski definition) is 0. The van der Waals surface area contributed by atoms with E-state index in [1.807, 2.05) is 0 Å². The second-order valence-corrected chi connectivity index (χ2v) is 3.73. The number of carbonyl (C=O) groups excluding carboxylic acids is 2. The van der Waals surface area contributed by atoms with Crippen molar-refractivity contribution in [1.29, 1.82) is 0 Å². The van der Waals surface area contributed by atoms with Crippen LogP contribution in [0.15, 0.2) is 48.3 Å². The van der Waals surface area contributed by atoms with Crippen molar-refractivity contribution in [3.63, 3.8) is 0 Å². The van der Waals surface area contributed by atoms with Crippen molar-refractivity contribution in [3.8, 4) is 5.75 Å². The first kappa shape index (κ1) is 9.84. The summed E-state index contributed by atoms with van der Waals surface area (Å²) < 4.78 is 10.8. The van der Waals surface area contributed by atoms with Crippen LogP contribution in [-0.2, 0) is 9.53 Å². The monoisotopic (exact) mass is 228 g/mol. The summed E-state index contributed by atoms with van der Waals surface area (Å²) in [4.78, 5) is 23.0. The van der Waals surface area contributed by atoms with E-state index < -0.39 is 12.1 Å². The highest BCUT2D eigenvalue weighted by Crippen LogP contribution is 2.29. The van der Waals surface area contributed by atoms with Crippen LogP contribution in [0.2, 0.25) is 0 Å². The van der Waals surface area contributed by atoms with Crippen LogP contribution in [0.1, 0.15) is 10.4 Å². The van der Waals surface area contributed by atoms with Gasteiger partial charge in [0.1, 0.15) is 11.3 Å². The normalized spacial score (nSPS) is 21.6. The number of fused-ring (bicyclic) bond motifs is 2. The molecule has 1 aliphatic carbocycles. The molecule has 1 heterocycles.